The molecule has 1 aliphatic rings. The van der Waals surface area contributed by atoms with E-state index in [2.05, 4.69) is 28.8 Å². The molecule has 2 rings (SSSR count). The highest BCUT2D eigenvalue weighted by Crippen LogP contribution is 2.22. The van der Waals surface area contributed by atoms with Gasteiger partial charge in [0.25, 0.3) is 0 Å². The van der Waals surface area contributed by atoms with Gasteiger partial charge < -0.3 is 9.64 Å². The molecule has 0 N–H and O–H groups in total. The number of aromatic nitrogens is 3. The first-order valence-corrected chi connectivity index (χ1v) is 7.94. The molecule has 6 heteroatoms. The molecule has 0 spiro atoms. The molecule has 112 valence electrons. The third-order valence-corrected chi connectivity index (χ3v) is 3.87. The van der Waals surface area contributed by atoms with Crippen molar-refractivity contribution in [2.24, 2.45) is 0 Å². The molecule has 0 aromatic carbocycles. The van der Waals surface area contributed by atoms with Crippen molar-refractivity contribution >= 4 is 17.5 Å². The van der Waals surface area contributed by atoms with E-state index in [9.17, 15) is 0 Å². The highest BCUT2D eigenvalue weighted by molar-refractivity contribution is 6.28. The van der Waals surface area contributed by atoms with Crippen molar-refractivity contribution in [3.63, 3.8) is 0 Å². The van der Waals surface area contributed by atoms with Crippen molar-refractivity contribution in [1.82, 2.24) is 15.0 Å². The molecule has 20 heavy (non-hydrogen) atoms. The normalized spacial score (nSPS) is 16.8. The zero-order chi connectivity index (χ0) is 14.4. The van der Waals surface area contributed by atoms with Crippen molar-refractivity contribution in [2.75, 3.05) is 18.0 Å². The van der Waals surface area contributed by atoms with E-state index in [1.54, 1.807) is 0 Å². The van der Waals surface area contributed by atoms with Crippen LogP contribution >= 0.6 is 11.6 Å². The average molecular weight is 299 g/mol. The quantitative estimate of drug-likeness (QED) is 0.779. The zero-order valence-electron chi connectivity index (χ0n) is 12.3. The summed E-state index contributed by atoms with van der Waals surface area (Å²) in [6.45, 7) is 5.79. The van der Waals surface area contributed by atoms with Gasteiger partial charge in [-0.3, -0.25) is 0 Å². The molecule has 1 aromatic heterocycles. The van der Waals surface area contributed by atoms with E-state index in [1.807, 2.05) is 4.90 Å². The van der Waals surface area contributed by atoms with Crippen LogP contribution in [0.15, 0.2) is 0 Å². The number of hydrogen-bond acceptors (Lipinski definition) is 5. The molecule has 1 aliphatic carbocycles. The minimum atomic E-state index is 0.200. The maximum Gasteiger partial charge on any atom is 0.322 e. The van der Waals surface area contributed by atoms with E-state index in [0.29, 0.717) is 12.0 Å². The highest BCUT2D eigenvalue weighted by Gasteiger charge is 2.17. The number of rotatable bonds is 5. The third-order valence-electron chi connectivity index (χ3n) is 3.70. The molecule has 0 atom stereocenters. The zero-order valence-corrected chi connectivity index (χ0v) is 13.1. The van der Waals surface area contributed by atoms with E-state index < -0.39 is 0 Å². The van der Waals surface area contributed by atoms with Crippen LogP contribution in [0.3, 0.4) is 0 Å². The van der Waals surface area contributed by atoms with E-state index in [4.69, 9.17) is 16.3 Å². The lowest BCUT2D eigenvalue weighted by Crippen LogP contribution is -2.25. The van der Waals surface area contributed by atoms with Crippen LogP contribution in [0.5, 0.6) is 6.01 Å². The Hall–Kier alpha value is -1.10. The molecule has 1 fully saturated rings. The van der Waals surface area contributed by atoms with Crippen LogP contribution in [0, 0.1) is 0 Å². The smallest absolute Gasteiger partial charge is 0.322 e. The number of anilines is 1. The van der Waals surface area contributed by atoms with Crippen LogP contribution in [-0.4, -0.2) is 34.1 Å². The summed E-state index contributed by atoms with van der Waals surface area (Å²) >= 11 is 5.99. The van der Waals surface area contributed by atoms with Crippen molar-refractivity contribution in [3.8, 4) is 6.01 Å². The van der Waals surface area contributed by atoms with Crippen molar-refractivity contribution < 1.29 is 4.74 Å². The SMILES string of the molecule is CCN(CC)c1nc(Cl)nc(OC2CCCCCC2)n1. The van der Waals surface area contributed by atoms with Gasteiger partial charge in [-0.25, -0.2) is 0 Å². The van der Waals surface area contributed by atoms with Gasteiger partial charge in [0, 0.05) is 13.1 Å². The summed E-state index contributed by atoms with van der Waals surface area (Å²) in [6, 6.07) is 0.360. The van der Waals surface area contributed by atoms with E-state index in [1.165, 1.54) is 25.7 Å². The molecule has 0 saturated heterocycles. The Bertz CT molecular complexity index is 418. The van der Waals surface area contributed by atoms with Gasteiger partial charge in [-0.2, -0.15) is 15.0 Å². The largest absolute Gasteiger partial charge is 0.460 e. The Morgan fingerprint density at radius 2 is 1.70 bits per heavy atom. The minimum Gasteiger partial charge on any atom is -0.460 e. The molecule has 0 unspecified atom stereocenters. The second-order valence-corrected chi connectivity index (χ2v) is 5.43. The molecule has 0 amide bonds. The number of hydrogen-bond donors (Lipinski definition) is 0. The Kier molecular flexibility index (Phi) is 5.83. The average Bonchev–Trinajstić information content (AvgIpc) is 2.68. The second-order valence-electron chi connectivity index (χ2n) is 5.09. The Morgan fingerprint density at radius 1 is 1.05 bits per heavy atom. The molecule has 1 saturated carbocycles. The van der Waals surface area contributed by atoms with Gasteiger partial charge in [-0.05, 0) is 51.1 Å². The predicted octanol–water partition coefficient (Wildman–Crippen LogP) is 3.47. The van der Waals surface area contributed by atoms with Gasteiger partial charge in [0.2, 0.25) is 11.2 Å². The highest BCUT2D eigenvalue weighted by atomic mass is 35.5. The monoisotopic (exact) mass is 298 g/mol. The number of halogens is 1. The Labute approximate surface area is 125 Å². The summed E-state index contributed by atoms with van der Waals surface area (Å²) in [5, 5.41) is 0.200. The van der Waals surface area contributed by atoms with Crippen LogP contribution in [0.1, 0.15) is 52.4 Å². The maximum atomic E-state index is 5.99. The van der Waals surface area contributed by atoms with Gasteiger partial charge >= 0.3 is 6.01 Å². The van der Waals surface area contributed by atoms with Gasteiger partial charge in [0.05, 0.1) is 0 Å². The Balaban J connectivity index is 2.10. The van der Waals surface area contributed by atoms with Crippen LogP contribution < -0.4 is 9.64 Å². The lowest BCUT2D eigenvalue weighted by molar-refractivity contribution is 0.167. The lowest BCUT2D eigenvalue weighted by Gasteiger charge is -2.20. The van der Waals surface area contributed by atoms with E-state index in [0.717, 1.165) is 25.9 Å². The predicted molar refractivity (Wildman–Crippen MR) is 80.5 cm³/mol. The molecule has 1 heterocycles. The van der Waals surface area contributed by atoms with Crippen LogP contribution in [0.25, 0.3) is 0 Å². The summed E-state index contributed by atoms with van der Waals surface area (Å²) < 4.78 is 5.92. The minimum absolute atomic E-state index is 0.200. The standard InChI is InChI=1S/C14H23ClN4O/c1-3-19(4-2)13-16-12(15)17-14(18-13)20-11-9-7-5-6-8-10-11/h11H,3-10H2,1-2H3. The molecular formula is C14H23ClN4O. The van der Waals surface area contributed by atoms with Crippen LogP contribution in [0.2, 0.25) is 5.28 Å². The Morgan fingerprint density at radius 3 is 2.30 bits per heavy atom. The topological polar surface area (TPSA) is 51.1 Å². The first kappa shape index (κ1) is 15.3. The first-order valence-electron chi connectivity index (χ1n) is 7.56. The van der Waals surface area contributed by atoms with Gasteiger partial charge in [-0.1, -0.05) is 12.8 Å². The second kappa shape index (κ2) is 7.62. The maximum absolute atomic E-state index is 5.99. The fourth-order valence-electron chi connectivity index (χ4n) is 2.53. The van der Waals surface area contributed by atoms with Crippen molar-refractivity contribution in [2.45, 2.75) is 58.5 Å². The number of nitrogens with zero attached hydrogens (tertiary/aromatic N) is 4. The summed E-state index contributed by atoms with van der Waals surface area (Å²) in [7, 11) is 0. The summed E-state index contributed by atoms with van der Waals surface area (Å²) in [5.74, 6) is 0.596. The molecule has 0 radical (unpaired) electrons. The van der Waals surface area contributed by atoms with E-state index in [-0.39, 0.29) is 11.4 Å². The fourth-order valence-corrected chi connectivity index (χ4v) is 2.68. The molecular weight excluding hydrogens is 276 g/mol. The summed E-state index contributed by atoms with van der Waals surface area (Å²) in [4.78, 5) is 14.7. The molecule has 0 bridgehead atoms. The van der Waals surface area contributed by atoms with Crippen LogP contribution in [0.4, 0.5) is 5.95 Å². The van der Waals surface area contributed by atoms with Crippen molar-refractivity contribution in [3.05, 3.63) is 5.28 Å². The third kappa shape index (κ3) is 4.20. The lowest BCUT2D eigenvalue weighted by atomic mass is 10.2. The van der Waals surface area contributed by atoms with E-state index >= 15 is 0 Å². The summed E-state index contributed by atoms with van der Waals surface area (Å²) in [6.07, 6.45) is 7.37. The molecule has 1 aromatic rings. The van der Waals surface area contributed by atoms with Crippen LogP contribution in [-0.2, 0) is 0 Å². The fraction of sp³-hybridized carbons (Fsp3) is 0.786. The molecule has 5 nitrogen and oxygen atoms in total. The molecule has 0 aliphatic heterocycles. The number of ether oxygens (including phenoxy) is 1. The van der Waals surface area contributed by atoms with Gasteiger partial charge in [-0.15, -0.1) is 0 Å². The van der Waals surface area contributed by atoms with Crippen molar-refractivity contribution in [1.29, 1.82) is 0 Å². The van der Waals surface area contributed by atoms with Gasteiger partial charge in [0.15, 0.2) is 0 Å². The summed E-state index contributed by atoms with van der Waals surface area (Å²) in [5.41, 5.74) is 0. The van der Waals surface area contributed by atoms with Gasteiger partial charge in [0.1, 0.15) is 6.10 Å². The first-order chi connectivity index (χ1) is 9.72.